The van der Waals surface area contributed by atoms with E-state index in [0.29, 0.717) is 11.3 Å². The highest BCUT2D eigenvalue weighted by atomic mass is 16.2. The zero-order chi connectivity index (χ0) is 13.9. The minimum atomic E-state index is -0.452. The Hall–Kier alpha value is -1.68. The second-order valence-electron chi connectivity index (χ2n) is 5.06. The molecule has 2 N–H and O–H groups in total. The van der Waals surface area contributed by atoms with Crippen LogP contribution in [-0.2, 0) is 4.79 Å². The molecule has 0 saturated carbocycles. The van der Waals surface area contributed by atoms with E-state index in [0.717, 1.165) is 25.8 Å². The third-order valence-corrected chi connectivity index (χ3v) is 3.81. The standard InChI is InChI=1S/C15H20N2O2/c1-3-15(8-5-9-16-15)14(19)17-13-7-4-6-12(10-13)11(2)18/h4,6-7,10,16H,3,5,8-9H2,1-2H3,(H,17,19). The number of hydrogen-bond acceptors (Lipinski definition) is 3. The van der Waals surface area contributed by atoms with Gasteiger partial charge in [-0.2, -0.15) is 0 Å². The van der Waals surface area contributed by atoms with E-state index in [-0.39, 0.29) is 11.7 Å². The number of hydrogen-bond donors (Lipinski definition) is 2. The molecule has 1 atom stereocenters. The molecule has 0 aliphatic carbocycles. The molecule has 19 heavy (non-hydrogen) atoms. The summed E-state index contributed by atoms with van der Waals surface area (Å²) in [6.07, 6.45) is 2.65. The highest BCUT2D eigenvalue weighted by Gasteiger charge is 2.39. The van der Waals surface area contributed by atoms with Gasteiger partial charge in [0.15, 0.2) is 5.78 Å². The number of amides is 1. The molecule has 1 aromatic rings. The van der Waals surface area contributed by atoms with Crippen molar-refractivity contribution in [2.24, 2.45) is 0 Å². The van der Waals surface area contributed by atoms with Crippen molar-refractivity contribution >= 4 is 17.4 Å². The van der Waals surface area contributed by atoms with Crippen LogP contribution in [0.2, 0.25) is 0 Å². The average molecular weight is 260 g/mol. The molecule has 1 aromatic carbocycles. The Morgan fingerprint density at radius 1 is 1.42 bits per heavy atom. The summed E-state index contributed by atoms with van der Waals surface area (Å²) in [6.45, 7) is 4.42. The van der Waals surface area contributed by atoms with Crippen LogP contribution in [0.5, 0.6) is 0 Å². The molecule has 4 heteroatoms. The normalized spacial score (nSPS) is 22.2. The molecule has 0 spiro atoms. The van der Waals surface area contributed by atoms with Crippen LogP contribution in [0.1, 0.15) is 43.5 Å². The SMILES string of the molecule is CCC1(C(=O)Nc2cccc(C(C)=O)c2)CCCN1. The lowest BCUT2D eigenvalue weighted by Crippen LogP contribution is -2.50. The van der Waals surface area contributed by atoms with Gasteiger partial charge in [0.25, 0.3) is 0 Å². The molecule has 0 bridgehead atoms. The van der Waals surface area contributed by atoms with Crippen molar-refractivity contribution in [3.8, 4) is 0 Å². The first kappa shape index (κ1) is 13.7. The predicted octanol–water partition coefficient (Wildman–Crippen LogP) is 2.36. The van der Waals surface area contributed by atoms with Crippen LogP contribution in [0.3, 0.4) is 0 Å². The Kier molecular flexibility index (Phi) is 4.00. The second-order valence-corrected chi connectivity index (χ2v) is 5.06. The van der Waals surface area contributed by atoms with Gasteiger partial charge in [0, 0.05) is 11.3 Å². The number of rotatable bonds is 4. The van der Waals surface area contributed by atoms with E-state index < -0.39 is 5.54 Å². The first-order valence-corrected chi connectivity index (χ1v) is 6.75. The Morgan fingerprint density at radius 3 is 2.79 bits per heavy atom. The van der Waals surface area contributed by atoms with Gasteiger partial charge in [-0.15, -0.1) is 0 Å². The van der Waals surface area contributed by atoms with E-state index in [1.807, 2.05) is 13.0 Å². The molecule has 1 heterocycles. The van der Waals surface area contributed by atoms with Crippen molar-refractivity contribution in [2.75, 3.05) is 11.9 Å². The second kappa shape index (κ2) is 5.53. The zero-order valence-corrected chi connectivity index (χ0v) is 11.5. The fraction of sp³-hybridized carbons (Fsp3) is 0.467. The summed E-state index contributed by atoms with van der Waals surface area (Å²) in [5.74, 6) is -0.00602. The lowest BCUT2D eigenvalue weighted by atomic mass is 9.93. The van der Waals surface area contributed by atoms with Crippen LogP contribution >= 0.6 is 0 Å². The quantitative estimate of drug-likeness (QED) is 0.817. The van der Waals surface area contributed by atoms with Gasteiger partial charge >= 0.3 is 0 Å². The predicted molar refractivity (Wildman–Crippen MR) is 75.3 cm³/mol. The number of ketones is 1. The van der Waals surface area contributed by atoms with Gasteiger partial charge in [-0.3, -0.25) is 9.59 Å². The number of nitrogens with one attached hydrogen (secondary N) is 2. The number of carbonyl (C=O) groups is 2. The maximum Gasteiger partial charge on any atom is 0.244 e. The van der Waals surface area contributed by atoms with Gasteiger partial charge < -0.3 is 10.6 Å². The molecule has 1 fully saturated rings. The number of benzene rings is 1. The Balaban J connectivity index is 2.14. The van der Waals surface area contributed by atoms with Crippen molar-refractivity contribution in [1.29, 1.82) is 0 Å². The Bertz CT molecular complexity index is 491. The molecule has 1 amide bonds. The molecule has 1 aliphatic rings. The highest BCUT2D eigenvalue weighted by Crippen LogP contribution is 2.25. The van der Waals surface area contributed by atoms with Crippen LogP contribution in [0.15, 0.2) is 24.3 Å². The maximum atomic E-state index is 12.4. The van der Waals surface area contributed by atoms with E-state index >= 15 is 0 Å². The number of anilines is 1. The van der Waals surface area contributed by atoms with Crippen LogP contribution in [-0.4, -0.2) is 23.8 Å². The molecule has 4 nitrogen and oxygen atoms in total. The molecule has 1 saturated heterocycles. The maximum absolute atomic E-state index is 12.4. The van der Waals surface area contributed by atoms with Crippen LogP contribution in [0, 0.1) is 0 Å². The van der Waals surface area contributed by atoms with E-state index in [9.17, 15) is 9.59 Å². The van der Waals surface area contributed by atoms with Crippen molar-refractivity contribution in [1.82, 2.24) is 5.32 Å². The first-order chi connectivity index (χ1) is 9.07. The third-order valence-electron chi connectivity index (χ3n) is 3.81. The van der Waals surface area contributed by atoms with Gasteiger partial charge in [-0.1, -0.05) is 19.1 Å². The molecule has 0 radical (unpaired) electrons. The Labute approximate surface area is 113 Å². The minimum absolute atomic E-state index is 0.000273. The lowest BCUT2D eigenvalue weighted by Gasteiger charge is -2.26. The van der Waals surface area contributed by atoms with Crippen molar-refractivity contribution < 1.29 is 9.59 Å². The third kappa shape index (κ3) is 2.84. The van der Waals surface area contributed by atoms with Gasteiger partial charge in [-0.25, -0.2) is 0 Å². The number of Topliss-reactive ketones (excluding diaryl/α,β-unsaturated/α-hetero) is 1. The molecule has 0 aromatic heterocycles. The lowest BCUT2D eigenvalue weighted by molar-refractivity contribution is -0.122. The van der Waals surface area contributed by atoms with Gasteiger partial charge in [-0.05, 0) is 44.9 Å². The van der Waals surface area contributed by atoms with Crippen molar-refractivity contribution in [3.63, 3.8) is 0 Å². The van der Waals surface area contributed by atoms with Crippen molar-refractivity contribution in [2.45, 2.75) is 38.6 Å². The van der Waals surface area contributed by atoms with E-state index in [1.165, 1.54) is 6.92 Å². The smallest absolute Gasteiger partial charge is 0.244 e. The van der Waals surface area contributed by atoms with Crippen molar-refractivity contribution in [3.05, 3.63) is 29.8 Å². The highest BCUT2D eigenvalue weighted by molar-refractivity contribution is 6.00. The molecule has 1 unspecified atom stereocenters. The topological polar surface area (TPSA) is 58.2 Å². The summed E-state index contributed by atoms with van der Waals surface area (Å²) in [5, 5.41) is 6.22. The van der Waals surface area contributed by atoms with Crippen LogP contribution in [0.25, 0.3) is 0 Å². The summed E-state index contributed by atoms with van der Waals surface area (Å²) in [5.41, 5.74) is 0.841. The monoisotopic (exact) mass is 260 g/mol. The fourth-order valence-electron chi connectivity index (χ4n) is 2.53. The largest absolute Gasteiger partial charge is 0.324 e. The summed E-state index contributed by atoms with van der Waals surface area (Å²) < 4.78 is 0. The zero-order valence-electron chi connectivity index (χ0n) is 11.5. The summed E-state index contributed by atoms with van der Waals surface area (Å²) in [4.78, 5) is 23.7. The average Bonchev–Trinajstić information content (AvgIpc) is 2.89. The first-order valence-electron chi connectivity index (χ1n) is 6.75. The number of carbonyl (C=O) groups excluding carboxylic acids is 2. The molecular weight excluding hydrogens is 240 g/mol. The van der Waals surface area contributed by atoms with E-state index in [2.05, 4.69) is 10.6 Å². The fourth-order valence-corrected chi connectivity index (χ4v) is 2.53. The van der Waals surface area contributed by atoms with E-state index in [1.54, 1.807) is 18.2 Å². The summed E-state index contributed by atoms with van der Waals surface area (Å²) >= 11 is 0. The summed E-state index contributed by atoms with van der Waals surface area (Å²) in [7, 11) is 0. The molecular formula is C15H20N2O2. The van der Waals surface area contributed by atoms with Crippen LogP contribution < -0.4 is 10.6 Å². The van der Waals surface area contributed by atoms with Gasteiger partial charge in [0.2, 0.25) is 5.91 Å². The van der Waals surface area contributed by atoms with Gasteiger partial charge in [0.1, 0.15) is 0 Å². The minimum Gasteiger partial charge on any atom is -0.324 e. The summed E-state index contributed by atoms with van der Waals surface area (Å²) in [6, 6.07) is 7.07. The van der Waals surface area contributed by atoms with Gasteiger partial charge in [0.05, 0.1) is 5.54 Å². The molecule has 1 aliphatic heterocycles. The molecule has 102 valence electrons. The Morgan fingerprint density at radius 2 is 2.21 bits per heavy atom. The molecule has 2 rings (SSSR count). The van der Waals surface area contributed by atoms with E-state index in [4.69, 9.17) is 0 Å². The van der Waals surface area contributed by atoms with Crippen LogP contribution in [0.4, 0.5) is 5.69 Å².